The smallest absolute Gasteiger partial charge is 0.322 e. The van der Waals surface area contributed by atoms with Crippen molar-refractivity contribution in [3.05, 3.63) is 57.8 Å². The molecule has 5 rings (SSSR count). The van der Waals surface area contributed by atoms with Gasteiger partial charge in [-0.15, -0.1) is 11.3 Å². The van der Waals surface area contributed by atoms with Gasteiger partial charge in [0.05, 0.1) is 0 Å². The van der Waals surface area contributed by atoms with Crippen LogP contribution in [-0.2, 0) is 24.3 Å². The second-order valence-electron chi connectivity index (χ2n) is 9.50. The number of urea groups is 1. The van der Waals surface area contributed by atoms with Crippen molar-refractivity contribution in [3.8, 4) is 0 Å². The third kappa shape index (κ3) is 4.60. The minimum Gasteiger partial charge on any atom is -0.323 e. The maximum absolute atomic E-state index is 12.9. The van der Waals surface area contributed by atoms with Gasteiger partial charge >= 0.3 is 6.03 Å². The van der Waals surface area contributed by atoms with Gasteiger partial charge in [0.2, 0.25) is 0 Å². The minimum atomic E-state index is -0.837. The van der Waals surface area contributed by atoms with E-state index in [1.54, 1.807) is 0 Å². The Morgan fingerprint density at radius 3 is 2.34 bits per heavy atom. The average Bonchev–Trinajstić information content (AvgIpc) is 3.52. The highest BCUT2D eigenvalue weighted by atomic mass is 32.1. The van der Waals surface area contributed by atoms with Crippen molar-refractivity contribution in [2.24, 2.45) is 5.92 Å². The molecule has 1 aromatic carbocycles. The van der Waals surface area contributed by atoms with Crippen molar-refractivity contribution in [1.82, 2.24) is 20.4 Å². The fourth-order valence-corrected chi connectivity index (χ4v) is 6.50. The van der Waals surface area contributed by atoms with Gasteiger partial charge in [-0.2, -0.15) is 0 Å². The van der Waals surface area contributed by atoms with Gasteiger partial charge in [0.1, 0.15) is 5.54 Å². The van der Waals surface area contributed by atoms with Gasteiger partial charge < -0.3 is 5.32 Å². The summed E-state index contributed by atoms with van der Waals surface area (Å²) in [5, 5.41) is 7.83. The summed E-state index contributed by atoms with van der Waals surface area (Å²) in [5.41, 5.74) is 1.68. The van der Waals surface area contributed by atoms with Crippen LogP contribution in [0.15, 0.2) is 41.8 Å². The molecule has 3 aliphatic heterocycles. The van der Waals surface area contributed by atoms with E-state index in [9.17, 15) is 9.59 Å². The summed E-state index contributed by atoms with van der Waals surface area (Å²) in [6.07, 6.45) is 5.02. The van der Waals surface area contributed by atoms with Crippen molar-refractivity contribution >= 4 is 23.3 Å². The topological polar surface area (TPSA) is 64.7 Å². The molecule has 0 saturated carbocycles. The highest BCUT2D eigenvalue weighted by Crippen LogP contribution is 2.34. The molecule has 6 nitrogen and oxygen atoms in total. The molecular weight excluding hydrogens is 420 g/mol. The first-order valence-corrected chi connectivity index (χ1v) is 12.7. The molecule has 32 heavy (non-hydrogen) atoms. The number of imide groups is 1. The average molecular weight is 453 g/mol. The van der Waals surface area contributed by atoms with E-state index in [-0.39, 0.29) is 17.9 Å². The van der Waals surface area contributed by atoms with Crippen LogP contribution in [0.5, 0.6) is 0 Å². The lowest BCUT2D eigenvalue weighted by atomic mass is 9.74. The second kappa shape index (κ2) is 9.33. The van der Waals surface area contributed by atoms with Crippen molar-refractivity contribution in [2.75, 3.05) is 26.2 Å². The molecule has 3 fully saturated rings. The molecule has 2 N–H and O–H groups in total. The van der Waals surface area contributed by atoms with Crippen LogP contribution in [0.1, 0.15) is 41.7 Å². The number of amides is 3. The van der Waals surface area contributed by atoms with Gasteiger partial charge in [-0.1, -0.05) is 30.3 Å². The number of rotatable bonds is 7. The molecule has 2 aromatic rings. The first-order chi connectivity index (χ1) is 15.6. The van der Waals surface area contributed by atoms with Crippen molar-refractivity contribution in [3.63, 3.8) is 0 Å². The molecule has 4 heterocycles. The molecule has 3 amide bonds. The van der Waals surface area contributed by atoms with Gasteiger partial charge in [-0.3, -0.25) is 19.9 Å². The first-order valence-electron chi connectivity index (χ1n) is 11.8. The van der Waals surface area contributed by atoms with Crippen LogP contribution in [0.2, 0.25) is 0 Å². The van der Waals surface area contributed by atoms with Crippen molar-refractivity contribution < 1.29 is 9.59 Å². The largest absolute Gasteiger partial charge is 0.323 e. The molecule has 0 aliphatic carbocycles. The predicted octanol–water partition coefficient (Wildman–Crippen LogP) is 3.38. The summed E-state index contributed by atoms with van der Waals surface area (Å²) < 4.78 is 0. The van der Waals surface area contributed by atoms with Crippen LogP contribution in [-0.4, -0.2) is 53.5 Å². The molecule has 170 valence electrons. The zero-order valence-corrected chi connectivity index (χ0v) is 19.3. The minimum absolute atomic E-state index is 0.138. The fraction of sp³-hybridized carbons (Fsp3) is 0.520. The first kappa shape index (κ1) is 21.6. The van der Waals surface area contributed by atoms with E-state index in [4.69, 9.17) is 0 Å². The highest BCUT2D eigenvalue weighted by Gasteiger charge is 2.52. The number of benzene rings is 1. The van der Waals surface area contributed by atoms with Crippen molar-refractivity contribution in [2.45, 2.75) is 50.7 Å². The summed E-state index contributed by atoms with van der Waals surface area (Å²) in [4.78, 5) is 31.5. The Balaban J connectivity index is 1.20. The van der Waals surface area contributed by atoms with Crippen LogP contribution in [0.4, 0.5) is 4.79 Å². The number of likely N-dealkylation sites (tertiary alicyclic amines) is 2. The second-order valence-corrected chi connectivity index (χ2v) is 10.5. The molecule has 0 spiro atoms. The summed E-state index contributed by atoms with van der Waals surface area (Å²) in [6.45, 7) is 6.41. The van der Waals surface area contributed by atoms with Gasteiger partial charge in [0, 0.05) is 24.4 Å². The third-order valence-corrected chi connectivity index (χ3v) is 8.24. The maximum Gasteiger partial charge on any atom is 0.322 e. The Hall–Kier alpha value is -2.22. The van der Waals surface area contributed by atoms with Crippen LogP contribution in [0, 0.1) is 5.92 Å². The molecule has 1 aromatic heterocycles. The van der Waals surface area contributed by atoms with E-state index >= 15 is 0 Å². The lowest BCUT2D eigenvalue weighted by Crippen LogP contribution is -2.57. The number of carbonyl (C=O) groups excluding carboxylic acids is 2. The van der Waals surface area contributed by atoms with Crippen LogP contribution >= 0.6 is 11.3 Å². The SMILES string of the molecule is O=C1NC(=O)[C@@](Cc2ccccc2)(C2CCN(Cc3cc(CN4CCCC4)cs3)CC2)N1. The maximum atomic E-state index is 12.9. The lowest BCUT2D eigenvalue weighted by molar-refractivity contribution is -0.126. The number of nitrogens with one attached hydrogen (secondary N) is 2. The van der Waals surface area contributed by atoms with Gasteiger partial charge in [0.15, 0.2) is 0 Å². The van der Waals surface area contributed by atoms with E-state index in [1.807, 2.05) is 41.7 Å². The van der Waals surface area contributed by atoms with E-state index in [0.717, 1.165) is 44.6 Å². The van der Waals surface area contributed by atoms with Crippen molar-refractivity contribution in [1.29, 1.82) is 0 Å². The van der Waals surface area contributed by atoms with Gasteiger partial charge in [0.25, 0.3) is 5.91 Å². The molecule has 0 radical (unpaired) electrons. The monoisotopic (exact) mass is 452 g/mol. The molecule has 1 atom stereocenters. The van der Waals surface area contributed by atoms with Gasteiger partial charge in [-0.05, 0) is 80.4 Å². The van der Waals surface area contributed by atoms with Crippen LogP contribution in [0.25, 0.3) is 0 Å². The molecule has 3 saturated heterocycles. The quantitative estimate of drug-likeness (QED) is 0.632. The standard InChI is InChI=1S/C25H32N4O2S/c30-23-25(27-24(31)26-23,15-19-6-2-1-3-7-19)21-8-12-29(13-9-21)17-22-14-20(18-32-22)16-28-10-4-5-11-28/h1-3,6-7,14,18,21H,4-5,8-13,15-17H2,(H2,26,27,30,31)/t25-/m1/s1. The summed E-state index contributed by atoms with van der Waals surface area (Å²) in [7, 11) is 0. The number of carbonyl (C=O) groups is 2. The third-order valence-electron chi connectivity index (χ3n) is 7.27. The Labute approximate surface area is 194 Å². The van der Waals surface area contributed by atoms with Crippen LogP contribution < -0.4 is 10.6 Å². The van der Waals surface area contributed by atoms with E-state index in [2.05, 4.69) is 31.9 Å². The van der Waals surface area contributed by atoms with Gasteiger partial charge in [-0.25, -0.2) is 4.79 Å². The normalized spacial score (nSPS) is 25.2. The molecule has 7 heteroatoms. The van der Waals surface area contributed by atoms with E-state index in [1.165, 1.54) is 36.4 Å². The number of thiophene rings is 1. The van der Waals surface area contributed by atoms with E-state index < -0.39 is 5.54 Å². The number of hydrogen-bond donors (Lipinski definition) is 2. The zero-order valence-electron chi connectivity index (χ0n) is 18.5. The Bertz CT molecular complexity index is 948. The Kier molecular flexibility index (Phi) is 6.31. The highest BCUT2D eigenvalue weighted by molar-refractivity contribution is 7.10. The summed E-state index contributed by atoms with van der Waals surface area (Å²) >= 11 is 1.86. The molecule has 0 unspecified atom stereocenters. The number of piperidine rings is 1. The van der Waals surface area contributed by atoms with E-state index in [0.29, 0.717) is 6.42 Å². The summed E-state index contributed by atoms with van der Waals surface area (Å²) in [6, 6.07) is 12.0. The van der Waals surface area contributed by atoms with Crippen LogP contribution in [0.3, 0.4) is 0 Å². The fourth-order valence-electron chi connectivity index (χ4n) is 5.57. The number of nitrogens with zero attached hydrogens (tertiary/aromatic N) is 2. The number of hydrogen-bond acceptors (Lipinski definition) is 5. The predicted molar refractivity (Wildman–Crippen MR) is 126 cm³/mol. The Morgan fingerprint density at radius 1 is 0.938 bits per heavy atom. The Morgan fingerprint density at radius 2 is 1.66 bits per heavy atom. The molecular formula is C25H32N4O2S. The lowest BCUT2D eigenvalue weighted by Gasteiger charge is -2.40. The molecule has 0 bridgehead atoms. The zero-order chi connectivity index (χ0) is 22.0. The summed E-state index contributed by atoms with van der Waals surface area (Å²) in [5.74, 6) is -0.0333. The molecule has 3 aliphatic rings.